The molecule has 3 atom stereocenters. The van der Waals surface area contributed by atoms with E-state index < -0.39 is 12.0 Å². The highest BCUT2D eigenvalue weighted by molar-refractivity contribution is 5.86. The number of carbonyl (C=O) groups excluding carboxylic acids is 3. The Labute approximate surface area is 230 Å². The van der Waals surface area contributed by atoms with E-state index in [1.165, 1.54) is 0 Å². The van der Waals surface area contributed by atoms with Crippen LogP contribution in [-0.4, -0.2) is 55.9 Å². The second kappa shape index (κ2) is 17.2. The van der Waals surface area contributed by atoms with Gasteiger partial charge in [-0.15, -0.1) is 0 Å². The maximum Gasteiger partial charge on any atom is 0.309 e. The van der Waals surface area contributed by atoms with E-state index in [9.17, 15) is 14.4 Å². The van der Waals surface area contributed by atoms with E-state index in [4.69, 9.17) is 14.6 Å². The summed E-state index contributed by atoms with van der Waals surface area (Å²) in [6, 6.07) is 18.8. The summed E-state index contributed by atoms with van der Waals surface area (Å²) in [5.74, 6) is -1.63. The zero-order valence-electron chi connectivity index (χ0n) is 22.4. The van der Waals surface area contributed by atoms with Gasteiger partial charge in [0, 0.05) is 13.0 Å². The Bertz CT molecular complexity index is 1040. The molecule has 0 aliphatic carbocycles. The van der Waals surface area contributed by atoms with Crippen LogP contribution in [0.15, 0.2) is 72.8 Å². The second-order valence-electron chi connectivity index (χ2n) is 9.71. The number of allylic oxidation sites excluding steroid dienone is 2. The van der Waals surface area contributed by atoms with Gasteiger partial charge < -0.3 is 25.2 Å². The van der Waals surface area contributed by atoms with Crippen LogP contribution in [0, 0.1) is 11.8 Å². The molecule has 1 aliphatic rings. The molecule has 39 heavy (non-hydrogen) atoms. The first kappa shape index (κ1) is 30.1. The minimum atomic E-state index is -0.574. The number of rotatable bonds is 10. The molecule has 0 saturated heterocycles. The molecule has 2 aromatic carbocycles. The van der Waals surface area contributed by atoms with Gasteiger partial charge in [0.1, 0.15) is 6.61 Å². The van der Waals surface area contributed by atoms with Crippen LogP contribution in [-0.2, 0) is 30.3 Å². The third-order valence-corrected chi connectivity index (χ3v) is 6.69. The lowest BCUT2D eigenvalue weighted by Gasteiger charge is -2.24. The number of esters is 1. The average Bonchev–Trinajstić information content (AvgIpc) is 2.95. The SMILES string of the molecule is O=C(C[C@H]1CC=CCCC[C@H](Cc2ccccc2)C(=O)OC[C@H](c2ccccc2)NC1=O)NCCOCCO. The van der Waals surface area contributed by atoms with Gasteiger partial charge in [-0.2, -0.15) is 0 Å². The molecule has 1 heterocycles. The summed E-state index contributed by atoms with van der Waals surface area (Å²) in [6.45, 7) is 0.737. The molecule has 1 aliphatic heterocycles. The van der Waals surface area contributed by atoms with Gasteiger partial charge in [0.15, 0.2) is 0 Å². The van der Waals surface area contributed by atoms with Crippen molar-refractivity contribution in [3.8, 4) is 0 Å². The highest BCUT2D eigenvalue weighted by Crippen LogP contribution is 2.22. The molecule has 2 aromatic rings. The van der Waals surface area contributed by atoms with Gasteiger partial charge in [0.05, 0.1) is 37.7 Å². The third-order valence-electron chi connectivity index (χ3n) is 6.69. The summed E-state index contributed by atoms with van der Waals surface area (Å²) in [6.07, 6.45) is 7.32. The van der Waals surface area contributed by atoms with Gasteiger partial charge >= 0.3 is 5.97 Å². The Morgan fingerprint density at radius 1 is 1.00 bits per heavy atom. The van der Waals surface area contributed by atoms with Crippen molar-refractivity contribution in [3.05, 3.63) is 83.9 Å². The Balaban J connectivity index is 1.72. The molecule has 8 heteroatoms. The van der Waals surface area contributed by atoms with Crippen molar-refractivity contribution < 1.29 is 29.0 Å². The lowest BCUT2D eigenvalue weighted by Crippen LogP contribution is -2.39. The smallest absolute Gasteiger partial charge is 0.309 e. The molecule has 0 unspecified atom stereocenters. The van der Waals surface area contributed by atoms with E-state index in [1.54, 1.807) is 0 Å². The number of aliphatic hydroxyl groups excluding tert-OH is 1. The van der Waals surface area contributed by atoms with Crippen molar-refractivity contribution in [2.45, 2.75) is 44.6 Å². The van der Waals surface area contributed by atoms with Gasteiger partial charge in [-0.25, -0.2) is 0 Å². The number of ether oxygens (including phenoxy) is 2. The van der Waals surface area contributed by atoms with Gasteiger partial charge in [-0.05, 0) is 43.2 Å². The van der Waals surface area contributed by atoms with Crippen LogP contribution in [0.25, 0.3) is 0 Å². The number of amides is 2. The molecule has 0 radical (unpaired) electrons. The minimum absolute atomic E-state index is 0.0107. The Morgan fingerprint density at radius 3 is 2.49 bits per heavy atom. The predicted octanol–water partition coefficient (Wildman–Crippen LogP) is 3.51. The maximum absolute atomic E-state index is 13.4. The molecule has 0 aromatic heterocycles. The van der Waals surface area contributed by atoms with Crippen molar-refractivity contribution >= 4 is 17.8 Å². The van der Waals surface area contributed by atoms with Crippen molar-refractivity contribution in [1.82, 2.24) is 10.6 Å². The number of aliphatic hydroxyl groups is 1. The molecule has 0 saturated carbocycles. The Hall–Kier alpha value is -3.49. The van der Waals surface area contributed by atoms with Crippen LogP contribution in [0.5, 0.6) is 0 Å². The highest BCUT2D eigenvalue weighted by atomic mass is 16.5. The van der Waals surface area contributed by atoms with Gasteiger partial charge in [-0.1, -0.05) is 72.8 Å². The fraction of sp³-hybridized carbons (Fsp3) is 0.452. The first-order valence-corrected chi connectivity index (χ1v) is 13.7. The molecule has 210 valence electrons. The molecule has 3 N–H and O–H groups in total. The summed E-state index contributed by atoms with van der Waals surface area (Å²) < 4.78 is 11.0. The van der Waals surface area contributed by atoms with Crippen molar-refractivity contribution in [2.75, 3.05) is 33.0 Å². The van der Waals surface area contributed by atoms with Gasteiger partial charge in [0.25, 0.3) is 0 Å². The molecular weight excluding hydrogens is 496 g/mol. The predicted molar refractivity (Wildman–Crippen MR) is 149 cm³/mol. The van der Waals surface area contributed by atoms with Gasteiger partial charge in [0.2, 0.25) is 11.8 Å². The molecule has 0 spiro atoms. The molecule has 0 fully saturated rings. The Kier molecular flexibility index (Phi) is 13.2. The molecule has 3 rings (SSSR count). The monoisotopic (exact) mass is 536 g/mol. The zero-order valence-corrected chi connectivity index (χ0v) is 22.4. The quantitative estimate of drug-likeness (QED) is 0.243. The lowest BCUT2D eigenvalue weighted by molar-refractivity contribution is -0.150. The molecule has 0 bridgehead atoms. The summed E-state index contributed by atoms with van der Waals surface area (Å²) in [5, 5.41) is 14.6. The Morgan fingerprint density at radius 2 is 1.74 bits per heavy atom. The van der Waals surface area contributed by atoms with Crippen molar-refractivity contribution in [1.29, 1.82) is 0 Å². The summed E-state index contributed by atoms with van der Waals surface area (Å²) >= 11 is 0. The van der Waals surface area contributed by atoms with Crippen LogP contribution in [0.4, 0.5) is 0 Å². The first-order valence-electron chi connectivity index (χ1n) is 13.7. The summed E-state index contributed by atoms with van der Waals surface area (Å²) in [5.41, 5.74) is 1.91. The number of hydrogen-bond acceptors (Lipinski definition) is 6. The van der Waals surface area contributed by atoms with Crippen LogP contribution in [0.1, 0.15) is 49.3 Å². The standard InChI is InChI=1S/C31H40N2O6/c34-18-20-38-19-17-32-29(35)22-26-15-7-1-2-8-16-27(21-24-11-5-3-6-12-24)31(37)39-23-28(33-30(26)36)25-13-9-4-10-14-25/h1,3-7,9-14,26-28,34H,2,8,15-23H2,(H,32,35)(H,33,36)/t26-,27-,28-/m1/s1. The number of benzene rings is 2. The fourth-order valence-corrected chi connectivity index (χ4v) is 4.55. The molecule has 8 nitrogen and oxygen atoms in total. The second-order valence-corrected chi connectivity index (χ2v) is 9.71. The van der Waals surface area contributed by atoms with Crippen molar-refractivity contribution in [3.63, 3.8) is 0 Å². The highest BCUT2D eigenvalue weighted by Gasteiger charge is 2.27. The number of cyclic esters (lactones) is 1. The van der Waals surface area contributed by atoms with E-state index in [2.05, 4.69) is 10.6 Å². The van der Waals surface area contributed by atoms with Crippen LogP contribution >= 0.6 is 0 Å². The minimum Gasteiger partial charge on any atom is -0.463 e. The van der Waals surface area contributed by atoms with Crippen molar-refractivity contribution in [2.24, 2.45) is 11.8 Å². The van der Waals surface area contributed by atoms with E-state index in [-0.39, 0.29) is 56.5 Å². The van der Waals surface area contributed by atoms with E-state index >= 15 is 0 Å². The largest absolute Gasteiger partial charge is 0.463 e. The molecule has 2 amide bonds. The first-order chi connectivity index (χ1) is 19.1. The zero-order chi connectivity index (χ0) is 27.7. The van der Waals surface area contributed by atoms with Crippen LogP contribution < -0.4 is 10.6 Å². The fourth-order valence-electron chi connectivity index (χ4n) is 4.55. The van der Waals surface area contributed by atoms with E-state index in [0.717, 1.165) is 24.0 Å². The maximum atomic E-state index is 13.4. The molecular formula is C31H40N2O6. The normalized spacial score (nSPS) is 20.9. The summed E-state index contributed by atoms with van der Waals surface area (Å²) in [7, 11) is 0. The van der Waals surface area contributed by atoms with Crippen LogP contribution in [0.3, 0.4) is 0 Å². The number of nitrogens with one attached hydrogen (secondary N) is 2. The van der Waals surface area contributed by atoms with E-state index in [1.807, 2.05) is 72.8 Å². The summed E-state index contributed by atoms with van der Waals surface area (Å²) in [4.78, 5) is 39.1. The third kappa shape index (κ3) is 11.0. The number of carbonyl (C=O) groups is 3. The number of hydrogen-bond donors (Lipinski definition) is 3. The van der Waals surface area contributed by atoms with Gasteiger partial charge in [-0.3, -0.25) is 14.4 Å². The average molecular weight is 537 g/mol. The lowest BCUT2D eigenvalue weighted by atomic mass is 9.93. The topological polar surface area (TPSA) is 114 Å². The van der Waals surface area contributed by atoms with E-state index in [0.29, 0.717) is 25.8 Å². The van der Waals surface area contributed by atoms with Crippen LogP contribution in [0.2, 0.25) is 0 Å².